The van der Waals surface area contributed by atoms with Crippen LogP contribution in [0.15, 0.2) is 24.5 Å². The molecule has 0 aliphatic carbocycles. The molecular weight excluding hydrogens is 318 g/mol. The van der Waals surface area contributed by atoms with Crippen molar-refractivity contribution >= 4 is 23.2 Å². The molecule has 1 aliphatic rings. The molecule has 2 N–H and O–H groups in total. The van der Waals surface area contributed by atoms with Crippen LogP contribution in [0, 0.1) is 13.8 Å². The van der Waals surface area contributed by atoms with Crippen molar-refractivity contribution in [1.29, 1.82) is 0 Å². The van der Waals surface area contributed by atoms with Crippen LogP contribution in [0.5, 0.6) is 0 Å². The van der Waals surface area contributed by atoms with Crippen LogP contribution in [0.2, 0.25) is 0 Å². The summed E-state index contributed by atoms with van der Waals surface area (Å²) in [5, 5.41) is 9.46. The molecule has 132 valence electrons. The number of nitrogens with zero attached hydrogens (tertiary/aromatic N) is 3. The topological polar surface area (TPSA) is 79.3 Å². The molecule has 0 radical (unpaired) electrons. The molecule has 3 rings (SSSR count). The van der Waals surface area contributed by atoms with Gasteiger partial charge in [0.05, 0.1) is 18.4 Å². The molecule has 2 heterocycles. The number of anilines is 2. The lowest BCUT2D eigenvalue weighted by Gasteiger charge is -2.19. The Balaban J connectivity index is 1.62. The third-order valence-electron chi connectivity index (χ3n) is 4.40. The van der Waals surface area contributed by atoms with Crippen LogP contribution < -0.4 is 15.5 Å². The van der Waals surface area contributed by atoms with Crippen molar-refractivity contribution in [2.45, 2.75) is 26.8 Å². The highest BCUT2D eigenvalue weighted by atomic mass is 16.2. The van der Waals surface area contributed by atoms with Crippen LogP contribution in [-0.4, -0.2) is 41.7 Å². The zero-order chi connectivity index (χ0) is 18.0. The number of benzene rings is 1. The first-order chi connectivity index (χ1) is 12.0. The summed E-state index contributed by atoms with van der Waals surface area (Å²) in [5.41, 5.74) is 5.57. The molecule has 7 nitrogen and oxygen atoms in total. The smallest absolute Gasteiger partial charge is 0.243 e. The lowest BCUT2D eigenvalue weighted by molar-refractivity contribution is -0.121. The predicted molar refractivity (Wildman–Crippen MR) is 96.8 cm³/mol. The minimum atomic E-state index is -0.139. The summed E-state index contributed by atoms with van der Waals surface area (Å²) in [6.45, 7) is 5.48. The Bertz CT molecular complexity index is 812. The number of aryl methyl sites for hydroxylation is 2. The first-order valence-electron chi connectivity index (χ1n) is 8.34. The monoisotopic (exact) mass is 341 g/mol. The van der Waals surface area contributed by atoms with Gasteiger partial charge in [0.2, 0.25) is 11.8 Å². The van der Waals surface area contributed by atoms with Gasteiger partial charge in [-0.15, -0.1) is 0 Å². The Hall–Kier alpha value is -2.83. The summed E-state index contributed by atoms with van der Waals surface area (Å²) >= 11 is 0. The first-order valence-corrected chi connectivity index (χ1v) is 8.34. The Morgan fingerprint density at radius 3 is 2.76 bits per heavy atom. The van der Waals surface area contributed by atoms with Gasteiger partial charge in [-0.2, -0.15) is 5.10 Å². The second kappa shape index (κ2) is 6.96. The number of amides is 2. The highest BCUT2D eigenvalue weighted by Gasteiger charge is 2.23. The zero-order valence-corrected chi connectivity index (χ0v) is 14.8. The molecule has 0 saturated carbocycles. The Morgan fingerprint density at radius 1 is 1.20 bits per heavy atom. The highest BCUT2D eigenvalue weighted by molar-refractivity contribution is 5.94. The number of aromatic nitrogens is 2. The molecule has 1 aromatic heterocycles. The van der Waals surface area contributed by atoms with Crippen LogP contribution in [0.4, 0.5) is 11.4 Å². The largest absolute Gasteiger partial charge is 0.362 e. The maximum atomic E-state index is 12.4. The van der Waals surface area contributed by atoms with E-state index < -0.39 is 0 Å². The molecular formula is C18H23N5O2. The van der Waals surface area contributed by atoms with Crippen molar-refractivity contribution in [2.24, 2.45) is 0 Å². The van der Waals surface area contributed by atoms with Gasteiger partial charge in [0.15, 0.2) is 0 Å². The van der Waals surface area contributed by atoms with Crippen molar-refractivity contribution in [2.75, 3.05) is 30.4 Å². The fourth-order valence-electron chi connectivity index (χ4n) is 3.23. The third-order valence-corrected chi connectivity index (χ3v) is 4.40. The standard InChI is InChI=1S/C18H23N5O2/c1-12-6-13(2)15-4-5-22(16(15)7-12)10-18(25)21-14-8-20-23(9-14)11-17(24)19-3/h6-9H,4-5,10-11H2,1-3H3,(H,19,24)(H,21,25). The lowest BCUT2D eigenvalue weighted by Crippen LogP contribution is -2.31. The Morgan fingerprint density at radius 2 is 2.00 bits per heavy atom. The first kappa shape index (κ1) is 17.0. The van der Waals surface area contributed by atoms with E-state index in [1.807, 2.05) is 0 Å². The molecule has 2 aromatic rings. The summed E-state index contributed by atoms with van der Waals surface area (Å²) in [6.07, 6.45) is 4.17. The molecule has 0 spiro atoms. The van der Waals surface area contributed by atoms with E-state index in [1.54, 1.807) is 19.4 Å². The molecule has 1 aromatic carbocycles. The fraction of sp³-hybridized carbons (Fsp3) is 0.389. The lowest BCUT2D eigenvalue weighted by atomic mass is 10.0. The van der Waals surface area contributed by atoms with Gasteiger partial charge in [0.25, 0.3) is 0 Å². The number of carbonyl (C=O) groups is 2. The number of carbonyl (C=O) groups excluding carboxylic acids is 2. The molecule has 1 aliphatic heterocycles. The van der Waals surface area contributed by atoms with Gasteiger partial charge < -0.3 is 15.5 Å². The average Bonchev–Trinajstić information content (AvgIpc) is 3.15. The van der Waals surface area contributed by atoms with Crippen molar-refractivity contribution < 1.29 is 9.59 Å². The molecule has 2 amide bonds. The number of hydrogen-bond acceptors (Lipinski definition) is 4. The van der Waals surface area contributed by atoms with Crippen molar-refractivity contribution in [3.8, 4) is 0 Å². The minimum Gasteiger partial charge on any atom is -0.362 e. The van der Waals surface area contributed by atoms with Crippen molar-refractivity contribution in [1.82, 2.24) is 15.1 Å². The number of hydrogen-bond donors (Lipinski definition) is 2. The molecule has 0 atom stereocenters. The Labute approximate surface area is 147 Å². The van der Waals surface area contributed by atoms with Crippen LogP contribution in [0.1, 0.15) is 16.7 Å². The van der Waals surface area contributed by atoms with E-state index in [4.69, 9.17) is 0 Å². The third kappa shape index (κ3) is 3.81. The summed E-state index contributed by atoms with van der Waals surface area (Å²) in [5.74, 6) is -0.230. The quantitative estimate of drug-likeness (QED) is 0.858. The van der Waals surface area contributed by atoms with Crippen LogP contribution in [-0.2, 0) is 22.6 Å². The van der Waals surface area contributed by atoms with Crippen molar-refractivity contribution in [3.63, 3.8) is 0 Å². The molecule has 7 heteroatoms. The van der Waals surface area contributed by atoms with E-state index in [-0.39, 0.29) is 18.4 Å². The number of likely N-dealkylation sites (N-methyl/N-ethyl adjacent to an activating group) is 1. The molecule has 0 fully saturated rings. The van der Waals surface area contributed by atoms with E-state index in [2.05, 4.69) is 46.6 Å². The SMILES string of the molecule is CNC(=O)Cn1cc(NC(=O)CN2CCc3c(C)cc(C)cc32)cn1. The number of rotatable bonds is 5. The number of nitrogens with one attached hydrogen (secondary N) is 2. The normalized spacial score (nSPS) is 12.8. The number of fused-ring (bicyclic) bond motifs is 1. The van der Waals surface area contributed by atoms with Gasteiger partial charge in [-0.1, -0.05) is 6.07 Å². The van der Waals surface area contributed by atoms with Gasteiger partial charge in [-0.25, -0.2) is 0 Å². The van der Waals surface area contributed by atoms with Crippen LogP contribution in [0.3, 0.4) is 0 Å². The second-order valence-corrected chi connectivity index (χ2v) is 6.40. The summed E-state index contributed by atoms with van der Waals surface area (Å²) in [6, 6.07) is 4.33. The molecule has 0 unspecified atom stereocenters. The van der Waals surface area contributed by atoms with Gasteiger partial charge in [-0.3, -0.25) is 14.3 Å². The second-order valence-electron chi connectivity index (χ2n) is 6.40. The summed E-state index contributed by atoms with van der Waals surface area (Å²) in [7, 11) is 1.58. The van der Waals surface area contributed by atoms with E-state index in [0.717, 1.165) is 18.7 Å². The minimum absolute atomic E-state index is 0.0912. The summed E-state index contributed by atoms with van der Waals surface area (Å²) < 4.78 is 1.49. The zero-order valence-electron chi connectivity index (χ0n) is 14.8. The van der Waals surface area contributed by atoms with Gasteiger partial charge in [0, 0.05) is 25.5 Å². The van der Waals surface area contributed by atoms with Gasteiger partial charge in [-0.05, 0) is 43.0 Å². The Kier molecular flexibility index (Phi) is 4.74. The molecule has 0 bridgehead atoms. The summed E-state index contributed by atoms with van der Waals surface area (Å²) in [4.78, 5) is 25.8. The van der Waals surface area contributed by atoms with E-state index in [9.17, 15) is 9.59 Å². The van der Waals surface area contributed by atoms with E-state index >= 15 is 0 Å². The average molecular weight is 341 g/mol. The van der Waals surface area contributed by atoms with Crippen LogP contribution in [0.25, 0.3) is 0 Å². The maximum absolute atomic E-state index is 12.4. The van der Waals surface area contributed by atoms with E-state index in [0.29, 0.717) is 12.2 Å². The van der Waals surface area contributed by atoms with Gasteiger partial charge in [0.1, 0.15) is 6.54 Å². The predicted octanol–water partition coefficient (Wildman–Crippen LogP) is 1.25. The van der Waals surface area contributed by atoms with E-state index in [1.165, 1.54) is 21.4 Å². The maximum Gasteiger partial charge on any atom is 0.243 e. The highest BCUT2D eigenvalue weighted by Crippen LogP contribution is 2.31. The molecule has 25 heavy (non-hydrogen) atoms. The van der Waals surface area contributed by atoms with Crippen molar-refractivity contribution in [3.05, 3.63) is 41.2 Å². The molecule has 0 saturated heterocycles. The van der Waals surface area contributed by atoms with Crippen LogP contribution >= 0.6 is 0 Å². The van der Waals surface area contributed by atoms with Gasteiger partial charge >= 0.3 is 0 Å². The fourth-order valence-corrected chi connectivity index (χ4v) is 3.23.